The van der Waals surface area contributed by atoms with Crippen LogP contribution >= 0.6 is 34.4 Å². The van der Waals surface area contributed by atoms with Crippen LogP contribution in [0.15, 0.2) is 52.3 Å². The summed E-state index contributed by atoms with van der Waals surface area (Å²) in [5, 5.41) is 0. The van der Waals surface area contributed by atoms with Gasteiger partial charge in [-0.3, -0.25) is 0 Å². The molecule has 0 saturated carbocycles. The van der Waals surface area contributed by atoms with Crippen LogP contribution in [0.2, 0.25) is 0 Å². The predicted molar refractivity (Wildman–Crippen MR) is 77.8 cm³/mol. The summed E-state index contributed by atoms with van der Waals surface area (Å²) in [6.45, 7) is 0. The molecular weight excluding hydrogens is 329 g/mol. The minimum absolute atomic E-state index is 1.28. The monoisotopic (exact) mass is 339 g/mol. The highest BCUT2D eigenvalue weighted by molar-refractivity contribution is 14.1. The zero-order chi connectivity index (χ0) is 11.1. The molecule has 1 heterocycles. The minimum Gasteiger partial charge on any atom is -0.343 e. The van der Waals surface area contributed by atoms with Crippen LogP contribution in [-0.4, -0.2) is 7.05 Å². The molecule has 0 spiro atoms. The van der Waals surface area contributed by atoms with E-state index in [1.165, 1.54) is 24.7 Å². The van der Waals surface area contributed by atoms with Crippen molar-refractivity contribution in [3.05, 3.63) is 46.0 Å². The van der Waals surface area contributed by atoms with E-state index in [2.05, 4.69) is 77.0 Å². The third kappa shape index (κ3) is 1.62. The number of rotatable bonds is 0. The van der Waals surface area contributed by atoms with Gasteiger partial charge in [0.05, 0.1) is 11.4 Å². The zero-order valence-electron chi connectivity index (χ0n) is 8.77. The van der Waals surface area contributed by atoms with Crippen molar-refractivity contribution in [2.75, 3.05) is 11.9 Å². The Morgan fingerprint density at radius 3 is 2.62 bits per heavy atom. The van der Waals surface area contributed by atoms with Crippen LogP contribution in [0.25, 0.3) is 0 Å². The molecule has 0 radical (unpaired) electrons. The van der Waals surface area contributed by atoms with Gasteiger partial charge in [-0.25, -0.2) is 0 Å². The summed E-state index contributed by atoms with van der Waals surface area (Å²) in [6, 6.07) is 15.1. The molecule has 0 fully saturated rings. The first-order valence-corrected chi connectivity index (χ1v) is 6.95. The number of hydrogen-bond acceptors (Lipinski definition) is 2. The van der Waals surface area contributed by atoms with Gasteiger partial charge in [-0.05, 0) is 52.9 Å². The summed E-state index contributed by atoms with van der Waals surface area (Å²) in [4.78, 5) is 4.93. The molecule has 2 aromatic carbocycles. The zero-order valence-corrected chi connectivity index (χ0v) is 11.7. The maximum Gasteiger partial charge on any atom is 0.0560 e. The Labute approximate surface area is 113 Å². The van der Waals surface area contributed by atoms with Crippen LogP contribution in [0.1, 0.15) is 0 Å². The number of benzene rings is 2. The Morgan fingerprint density at radius 2 is 1.75 bits per heavy atom. The summed E-state index contributed by atoms with van der Waals surface area (Å²) in [5.41, 5.74) is 2.60. The van der Waals surface area contributed by atoms with E-state index in [1.54, 1.807) is 0 Å². The lowest BCUT2D eigenvalue weighted by molar-refractivity contribution is 1.11. The van der Waals surface area contributed by atoms with E-state index < -0.39 is 0 Å². The average molecular weight is 339 g/mol. The number of fused-ring (bicyclic) bond motifs is 2. The summed E-state index contributed by atoms with van der Waals surface area (Å²) in [6.07, 6.45) is 0. The maximum absolute atomic E-state index is 2.36. The fourth-order valence-electron chi connectivity index (χ4n) is 1.91. The van der Waals surface area contributed by atoms with Crippen LogP contribution in [0, 0.1) is 3.57 Å². The predicted octanol–water partition coefficient (Wildman–Crippen LogP) is 4.52. The molecule has 3 heteroatoms. The summed E-state index contributed by atoms with van der Waals surface area (Å²) < 4.78 is 1.28. The molecule has 3 rings (SSSR count). The highest BCUT2D eigenvalue weighted by atomic mass is 127. The third-order valence-corrected chi connectivity index (χ3v) is 4.53. The van der Waals surface area contributed by atoms with E-state index in [0.29, 0.717) is 0 Å². The third-order valence-electron chi connectivity index (χ3n) is 2.73. The molecule has 0 bridgehead atoms. The maximum atomic E-state index is 2.36. The number of para-hydroxylation sites is 1. The lowest BCUT2D eigenvalue weighted by atomic mass is 10.2. The standard InChI is InChI=1S/C13H10INS/c1-15-10-4-2-3-5-12(10)16-13-7-6-9(14)8-11(13)15/h2-8H,1H3. The fraction of sp³-hybridized carbons (Fsp3) is 0.0769. The van der Waals surface area contributed by atoms with Crippen molar-refractivity contribution in [3.8, 4) is 0 Å². The summed E-state index contributed by atoms with van der Waals surface area (Å²) in [5.74, 6) is 0. The summed E-state index contributed by atoms with van der Waals surface area (Å²) in [7, 11) is 2.13. The number of halogens is 1. The van der Waals surface area contributed by atoms with Crippen molar-refractivity contribution < 1.29 is 0 Å². The second kappa shape index (κ2) is 3.96. The Morgan fingerprint density at radius 1 is 1.00 bits per heavy atom. The van der Waals surface area contributed by atoms with Crippen molar-refractivity contribution in [1.29, 1.82) is 0 Å². The first-order valence-electron chi connectivity index (χ1n) is 5.06. The van der Waals surface area contributed by atoms with Crippen molar-refractivity contribution in [2.45, 2.75) is 9.79 Å². The van der Waals surface area contributed by atoms with Gasteiger partial charge < -0.3 is 4.90 Å². The summed E-state index contributed by atoms with van der Waals surface area (Å²) >= 11 is 4.21. The van der Waals surface area contributed by atoms with Crippen LogP contribution in [0.4, 0.5) is 11.4 Å². The van der Waals surface area contributed by atoms with Gasteiger partial charge in [0.25, 0.3) is 0 Å². The van der Waals surface area contributed by atoms with Gasteiger partial charge >= 0.3 is 0 Å². The highest BCUT2D eigenvalue weighted by Crippen LogP contribution is 2.47. The molecule has 0 aromatic heterocycles. The van der Waals surface area contributed by atoms with Crippen LogP contribution in [0.3, 0.4) is 0 Å². The molecule has 16 heavy (non-hydrogen) atoms. The van der Waals surface area contributed by atoms with Gasteiger partial charge in [0.15, 0.2) is 0 Å². The van der Waals surface area contributed by atoms with E-state index in [1.807, 2.05) is 11.8 Å². The van der Waals surface area contributed by atoms with Crippen molar-refractivity contribution >= 4 is 45.7 Å². The number of nitrogens with zero attached hydrogens (tertiary/aromatic N) is 1. The first-order chi connectivity index (χ1) is 7.75. The van der Waals surface area contributed by atoms with E-state index >= 15 is 0 Å². The Balaban J connectivity index is 2.19. The topological polar surface area (TPSA) is 3.24 Å². The normalized spacial score (nSPS) is 13.2. The van der Waals surface area contributed by atoms with Gasteiger partial charge in [0, 0.05) is 20.4 Å². The Kier molecular flexibility index (Phi) is 2.59. The van der Waals surface area contributed by atoms with Gasteiger partial charge in [-0.2, -0.15) is 0 Å². The van der Waals surface area contributed by atoms with Crippen LogP contribution in [0.5, 0.6) is 0 Å². The van der Waals surface area contributed by atoms with E-state index in [-0.39, 0.29) is 0 Å². The molecule has 2 aromatic rings. The highest BCUT2D eigenvalue weighted by Gasteiger charge is 2.19. The van der Waals surface area contributed by atoms with Gasteiger partial charge in [0.1, 0.15) is 0 Å². The molecule has 1 aliphatic heterocycles. The smallest absolute Gasteiger partial charge is 0.0560 e. The molecule has 80 valence electrons. The average Bonchev–Trinajstić information content (AvgIpc) is 2.31. The fourth-order valence-corrected chi connectivity index (χ4v) is 3.51. The van der Waals surface area contributed by atoms with Crippen molar-refractivity contribution in [2.24, 2.45) is 0 Å². The molecule has 0 saturated heterocycles. The van der Waals surface area contributed by atoms with Gasteiger partial charge in [-0.15, -0.1) is 0 Å². The lowest BCUT2D eigenvalue weighted by Crippen LogP contribution is -2.14. The van der Waals surface area contributed by atoms with Crippen molar-refractivity contribution in [3.63, 3.8) is 0 Å². The molecule has 0 aliphatic carbocycles. The number of hydrogen-bond donors (Lipinski definition) is 0. The lowest BCUT2D eigenvalue weighted by Gasteiger charge is -2.29. The molecule has 0 N–H and O–H groups in total. The number of anilines is 2. The Bertz CT molecular complexity index is 553. The van der Waals surface area contributed by atoms with Gasteiger partial charge in [-0.1, -0.05) is 23.9 Å². The molecular formula is C13H10INS. The Hall–Kier alpha value is -0.680. The molecule has 1 nitrogen and oxygen atoms in total. The largest absolute Gasteiger partial charge is 0.343 e. The van der Waals surface area contributed by atoms with E-state index in [9.17, 15) is 0 Å². The second-order valence-electron chi connectivity index (χ2n) is 3.74. The van der Waals surface area contributed by atoms with Crippen LogP contribution < -0.4 is 4.90 Å². The van der Waals surface area contributed by atoms with Crippen LogP contribution in [-0.2, 0) is 0 Å². The second-order valence-corrected chi connectivity index (χ2v) is 6.07. The molecule has 0 atom stereocenters. The first kappa shape index (κ1) is 10.5. The quantitative estimate of drug-likeness (QED) is 0.649. The molecule has 0 unspecified atom stereocenters. The van der Waals surface area contributed by atoms with Gasteiger partial charge in [0.2, 0.25) is 0 Å². The van der Waals surface area contributed by atoms with Crippen molar-refractivity contribution in [1.82, 2.24) is 0 Å². The SMILES string of the molecule is CN1c2ccccc2Sc2ccc(I)cc21. The van der Waals surface area contributed by atoms with E-state index in [4.69, 9.17) is 0 Å². The molecule has 0 amide bonds. The molecule has 1 aliphatic rings. The van der Waals surface area contributed by atoms with E-state index in [0.717, 1.165) is 0 Å². The minimum atomic E-state index is 1.28.